The Kier molecular flexibility index (Phi) is 8.03. The predicted molar refractivity (Wildman–Crippen MR) is 71.4 cm³/mol. The Morgan fingerprint density at radius 1 is 1.53 bits per heavy atom. The van der Waals surface area contributed by atoms with Crippen LogP contribution in [0.1, 0.15) is 6.92 Å². The average molecular weight is 364 g/mol. The fourth-order valence-electron chi connectivity index (χ4n) is 0.988. The second kappa shape index (κ2) is 8.08. The Morgan fingerprint density at radius 3 is 2.47 bits per heavy atom. The van der Waals surface area contributed by atoms with Crippen LogP contribution in [-0.2, 0) is 17.8 Å². The van der Waals surface area contributed by atoms with Crippen LogP contribution in [0.15, 0.2) is 28.3 Å². The molecule has 0 aromatic heterocycles. The molecule has 0 radical (unpaired) electrons. The molecule has 0 aromatic rings. The number of halogens is 3. The van der Waals surface area contributed by atoms with Crippen LogP contribution in [0.5, 0.6) is 0 Å². The van der Waals surface area contributed by atoms with Gasteiger partial charge in [0.05, 0.1) is 5.57 Å². The Balaban J connectivity index is 0.000000437. The lowest BCUT2D eigenvalue weighted by molar-refractivity contribution is 0.122. The summed E-state index contributed by atoms with van der Waals surface area (Å²) in [7, 11) is 4.81. The summed E-state index contributed by atoms with van der Waals surface area (Å²) in [5.41, 5.74) is 0.527. The third-order valence-corrected chi connectivity index (χ3v) is 2.22. The molecule has 0 aromatic carbocycles. The van der Waals surface area contributed by atoms with Crippen LogP contribution in [0.25, 0.3) is 0 Å². The fourth-order valence-corrected chi connectivity index (χ4v) is 1.45. The van der Waals surface area contributed by atoms with Gasteiger partial charge in [0.15, 0.2) is 0 Å². The average Bonchev–Trinajstić information content (AvgIpc) is 2.16. The van der Waals surface area contributed by atoms with Crippen molar-refractivity contribution in [3.05, 3.63) is 28.3 Å². The van der Waals surface area contributed by atoms with Gasteiger partial charge in [-0.25, -0.2) is 4.79 Å². The second-order valence-corrected chi connectivity index (χ2v) is 7.19. The van der Waals surface area contributed by atoms with Gasteiger partial charge < -0.3 is 4.74 Å². The van der Waals surface area contributed by atoms with Gasteiger partial charge in [-0.05, 0) is 28.9 Å². The minimum absolute atomic E-state index is 0.244. The van der Waals surface area contributed by atoms with E-state index in [1.54, 1.807) is 6.08 Å². The van der Waals surface area contributed by atoms with Crippen LogP contribution in [0.3, 0.4) is 0 Å². The Labute approximate surface area is 117 Å². The van der Waals surface area contributed by atoms with E-state index in [2.05, 4.69) is 37.3 Å². The maximum Gasteiger partial charge on any atom is 0.317 e. The highest BCUT2D eigenvalue weighted by Gasteiger charge is 2.17. The number of carbonyl (C=O) groups excluding carboxylic acids is 1. The molecule has 8 heteroatoms. The maximum atomic E-state index is 10.5. The van der Waals surface area contributed by atoms with Crippen molar-refractivity contribution in [2.75, 3.05) is 6.61 Å². The fraction of sp³-hybridized carbons (Fsp3) is 0.333. The van der Waals surface area contributed by atoms with Crippen LogP contribution in [-0.4, -0.2) is 27.1 Å². The van der Waals surface area contributed by atoms with Crippen LogP contribution in [0.4, 0.5) is 0 Å². The van der Waals surface area contributed by atoms with E-state index in [0.29, 0.717) is 12.2 Å². The summed E-state index contributed by atoms with van der Waals surface area (Å²) in [5.74, 6) is 1.86. The van der Waals surface area contributed by atoms with Gasteiger partial charge in [0.25, 0.3) is 0 Å². The maximum absolute atomic E-state index is 10.5. The lowest BCUT2D eigenvalue weighted by Gasteiger charge is -2.15. The molecule has 96 valence electrons. The van der Waals surface area contributed by atoms with Crippen molar-refractivity contribution >= 4 is 51.5 Å². The van der Waals surface area contributed by atoms with Crippen LogP contribution in [0.2, 0.25) is 0 Å². The molecule has 0 fully saturated rings. The Hall–Kier alpha value is -0.100. The summed E-state index contributed by atoms with van der Waals surface area (Å²) in [5, 5.41) is 0. The largest absolute Gasteiger partial charge is 0.369 e. The standard InChI is InChI=1S/C9H9BrO2.Cl2O2S/c1-2-12-9-5-3-4-8(10)7(9)6-11;1-5(2,3)4/h3-5,9H,2H2,1H3;. The van der Waals surface area contributed by atoms with E-state index in [9.17, 15) is 4.79 Å². The number of rotatable bonds is 2. The summed E-state index contributed by atoms with van der Waals surface area (Å²) >= 11 is 3.26. The smallest absolute Gasteiger partial charge is 0.317 e. The molecule has 0 spiro atoms. The summed E-state index contributed by atoms with van der Waals surface area (Å²) in [4.78, 5) is 10.5. The quantitative estimate of drug-likeness (QED) is 0.559. The summed E-state index contributed by atoms with van der Waals surface area (Å²) in [6, 6.07) is 0. The second-order valence-electron chi connectivity index (χ2n) is 2.67. The minimum Gasteiger partial charge on any atom is -0.369 e. The lowest BCUT2D eigenvalue weighted by Crippen LogP contribution is -2.15. The molecular weight excluding hydrogens is 355 g/mol. The third kappa shape index (κ3) is 8.60. The van der Waals surface area contributed by atoms with Gasteiger partial charge in [-0.1, -0.05) is 12.2 Å². The summed E-state index contributed by atoms with van der Waals surface area (Å²) in [6.07, 6.45) is 5.24. The van der Waals surface area contributed by atoms with E-state index >= 15 is 0 Å². The van der Waals surface area contributed by atoms with Crippen molar-refractivity contribution in [2.45, 2.75) is 13.0 Å². The molecule has 1 unspecified atom stereocenters. The molecule has 4 nitrogen and oxygen atoms in total. The molecule has 1 aliphatic carbocycles. The van der Waals surface area contributed by atoms with E-state index in [1.807, 2.05) is 25.0 Å². The first-order valence-corrected chi connectivity index (χ1v) is 8.27. The van der Waals surface area contributed by atoms with E-state index in [-0.39, 0.29) is 6.10 Å². The zero-order valence-corrected chi connectivity index (χ0v) is 12.6. The zero-order chi connectivity index (χ0) is 13.5. The van der Waals surface area contributed by atoms with Gasteiger partial charge >= 0.3 is 8.26 Å². The van der Waals surface area contributed by atoms with Gasteiger partial charge in [0.1, 0.15) is 12.0 Å². The van der Waals surface area contributed by atoms with Crippen LogP contribution >= 0.6 is 37.3 Å². The van der Waals surface area contributed by atoms with E-state index in [0.717, 1.165) is 4.48 Å². The van der Waals surface area contributed by atoms with Crippen molar-refractivity contribution in [1.82, 2.24) is 0 Å². The van der Waals surface area contributed by atoms with Crippen molar-refractivity contribution in [2.24, 2.45) is 0 Å². The first-order valence-electron chi connectivity index (χ1n) is 4.34. The van der Waals surface area contributed by atoms with E-state index in [4.69, 9.17) is 13.2 Å². The first-order chi connectivity index (χ1) is 7.79. The molecule has 0 amide bonds. The molecular formula is C9H9BrCl2O4S. The van der Waals surface area contributed by atoms with Gasteiger partial charge in [-0.3, -0.25) is 0 Å². The van der Waals surface area contributed by atoms with Gasteiger partial charge in [-0.15, -0.1) is 0 Å². The van der Waals surface area contributed by atoms with E-state index in [1.165, 1.54) is 0 Å². The molecule has 17 heavy (non-hydrogen) atoms. The number of hydrogen-bond acceptors (Lipinski definition) is 4. The van der Waals surface area contributed by atoms with Gasteiger partial charge in [0.2, 0.25) is 0 Å². The SMILES string of the molecule is CCOC1C=CC=C(Br)C1=C=O.O=S(=O)(Cl)Cl. The Bertz CT molecular complexity index is 455. The number of hydrogen-bond donors (Lipinski definition) is 0. The Morgan fingerprint density at radius 2 is 2.06 bits per heavy atom. The first kappa shape index (κ1) is 16.9. The van der Waals surface area contributed by atoms with Crippen molar-refractivity contribution in [3.63, 3.8) is 0 Å². The highest BCUT2D eigenvalue weighted by molar-refractivity contribution is 9.12. The van der Waals surface area contributed by atoms with Crippen molar-refractivity contribution in [3.8, 4) is 0 Å². The molecule has 0 aliphatic heterocycles. The number of ether oxygens (including phenoxy) is 1. The summed E-state index contributed by atoms with van der Waals surface area (Å²) < 4.78 is 24.4. The monoisotopic (exact) mass is 362 g/mol. The molecule has 0 saturated heterocycles. The zero-order valence-electron chi connectivity index (χ0n) is 8.69. The third-order valence-electron chi connectivity index (χ3n) is 1.53. The summed E-state index contributed by atoms with van der Waals surface area (Å²) in [6.45, 7) is 2.48. The molecule has 0 N–H and O–H groups in total. The van der Waals surface area contributed by atoms with Crippen LogP contribution in [0, 0.1) is 0 Å². The molecule has 1 aliphatic rings. The molecule has 0 saturated carbocycles. The van der Waals surface area contributed by atoms with E-state index < -0.39 is 8.26 Å². The molecule has 1 atom stereocenters. The molecule has 0 heterocycles. The normalized spacial score (nSPS) is 18.9. The number of allylic oxidation sites excluding steroid dienone is 2. The van der Waals surface area contributed by atoms with Gasteiger partial charge in [-0.2, -0.15) is 8.42 Å². The lowest BCUT2D eigenvalue weighted by atomic mass is 10.1. The predicted octanol–water partition coefficient (Wildman–Crippen LogP) is 2.71. The highest BCUT2D eigenvalue weighted by atomic mass is 79.9. The van der Waals surface area contributed by atoms with Crippen molar-refractivity contribution < 1.29 is 17.9 Å². The minimum atomic E-state index is -3.72. The molecule has 0 bridgehead atoms. The van der Waals surface area contributed by atoms with Crippen LogP contribution < -0.4 is 0 Å². The van der Waals surface area contributed by atoms with Gasteiger partial charge in [0, 0.05) is 32.5 Å². The highest BCUT2D eigenvalue weighted by Crippen LogP contribution is 2.24. The molecule has 1 rings (SSSR count). The topological polar surface area (TPSA) is 60.4 Å². The van der Waals surface area contributed by atoms with Crippen molar-refractivity contribution in [1.29, 1.82) is 0 Å².